The fourth-order valence-corrected chi connectivity index (χ4v) is 6.61. The van der Waals surface area contributed by atoms with Crippen LogP contribution in [-0.2, 0) is 9.59 Å². The van der Waals surface area contributed by atoms with Gasteiger partial charge in [-0.25, -0.2) is 9.97 Å². The SMILES string of the molecule is CC(C)CC(=O)N1CCC[C@H]1c1ncc(-c2cccc(C#Cc3cccc(-c4cnc([C@@H]5CCCN5C(=O)CC(C)C)[nH]4)c3)c2)[nH]1. The van der Waals surface area contributed by atoms with Crippen LogP contribution in [0.3, 0.4) is 0 Å². The smallest absolute Gasteiger partial charge is 0.223 e. The number of hydrogen-bond donors (Lipinski definition) is 2. The van der Waals surface area contributed by atoms with E-state index in [2.05, 4.69) is 83.7 Å². The minimum atomic E-state index is 0.00525. The van der Waals surface area contributed by atoms with Crippen molar-refractivity contribution in [1.29, 1.82) is 0 Å². The van der Waals surface area contributed by atoms with E-state index in [0.717, 1.165) is 84.1 Å². The standard InChI is InChI=1S/C38H44N6O2/c1-25(2)19-35(45)43-17-7-13-33(43)37-39-23-31(41-37)29-11-5-9-27(21-29)15-16-28-10-6-12-30(22-28)32-24-40-38(42-32)34-14-8-18-44(34)36(46)20-26(3)4/h5-6,9-12,21-26,33-34H,7-8,13-14,17-20H2,1-4H3,(H,39,41)(H,40,42)/t33-,34-/m0/s1. The lowest BCUT2D eigenvalue weighted by atomic mass is 10.1. The van der Waals surface area contributed by atoms with E-state index < -0.39 is 0 Å². The Balaban J connectivity index is 1.15. The van der Waals surface area contributed by atoms with Gasteiger partial charge >= 0.3 is 0 Å². The second-order valence-electron chi connectivity index (χ2n) is 13.5. The highest BCUT2D eigenvalue weighted by molar-refractivity contribution is 5.77. The topological polar surface area (TPSA) is 98.0 Å². The first kappa shape index (κ1) is 31.3. The van der Waals surface area contributed by atoms with Gasteiger partial charge in [0.2, 0.25) is 11.8 Å². The van der Waals surface area contributed by atoms with Crippen molar-refractivity contribution in [2.75, 3.05) is 13.1 Å². The molecule has 238 valence electrons. The molecule has 0 spiro atoms. The lowest BCUT2D eigenvalue weighted by Crippen LogP contribution is -2.31. The highest BCUT2D eigenvalue weighted by Crippen LogP contribution is 2.34. The van der Waals surface area contributed by atoms with Crippen molar-refractivity contribution >= 4 is 11.8 Å². The number of likely N-dealkylation sites (tertiary alicyclic amines) is 2. The molecule has 2 fully saturated rings. The second kappa shape index (κ2) is 13.8. The van der Waals surface area contributed by atoms with Gasteiger partial charge in [-0.05, 0) is 61.8 Å². The number of carbonyl (C=O) groups excluding carboxylic acids is 2. The predicted molar refractivity (Wildman–Crippen MR) is 180 cm³/mol. The molecule has 4 aromatic rings. The van der Waals surface area contributed by atoms with Crippen molar-refractivity contribution in [3.05, 3.63) is 83.7 Å². The van der Waals surface area contributed by atoms with Crippen LogP contribution < -0.4 is 0 Å². The molecule has 2 aliphatic heterocycles. The molecule has 0 unspecified atom stereocenters. The Labute approximate surface area is 272 Å². The van der Waals surface area contributed by atoms with Crippen molar-refractivity contribution in [2.24, 2.45) is 11.8 Å². The van der Waals surface area contributed by atoms with Gasteiger partial charge in [0.1, 0.15) is 11.6 Å². The molecule has 0 radical (unpaired) electrons. The van der Waals surface area contributed by atoms with Crippen LogP contribution in [0, 0.1) is 23.7 Å². The lowest BCUT2D eigenvalue weighted by Gasteiger charge is -2.24. The van der Waals surface area contributed by atoms with Crippen LogP contribution in [0.25, 0.3) is 22.5 Å². The first-order chi connectivity index (χ1) is 22.2. The molecule has 2 amide bonds. The Morgan fingerprint density at radius 2 is 1.17 bits per heavy atom. The van der Waals surface area contributed by atoms with Gasteiger partial charge in [0, 0.05) is 48.2 Å². The molecule has 0 bridgehead atoms. The summed E-state index contributed by atoms with van der Waals surface area (Å²) in [5.74, 6) is 9.45. The summed E-state index contributed by atoms with van der Waals surface area (Å²) in [7, 11) is 0. The van der Waals surface area contributed by atoms with Gasteiger partial charge in [-0.2, -0.15) is 0 Å². The molecule has 8 nitrogen and oxygen atoms in total. The zero-order valence-corrected chi connectivity index (χ0v) is 27.3. The monoisotopic (exact) mass is 616 g/mol. The molecule has 0 aliphatic carbocycles. The molecule has 2 aromatic carbocycles. The first-order valence-corrected chi connectivity index (χ1v) is 16.7. The van der Waals surface area contributed by atoms with E-state index in [1.54, 1.807) is 0 Å². The zero-order chi connectivity index (χ0) is 32.2. The predicted octanol–water partition coefficient (Wildman–Crippen LogP) is 7.29. The molecular weight excluding hydrogens is 572 g/mol. The second-order valence-corrected chi connectivity index (χ2v) is 13.5. The van der Waals surface area contributed by atoms with Gasteiger partial charge in [-0.1, -0.05) is 63.8 Å². The van der Waals surface area contributed by atoms with E-state index in [4.69, 9.17) is 0 Å². The molecule has 8 heteroatoms. The van der Waals surface area contributed by atoms with Crippen LogP contribution in [0.2, 0.25) is 0 Å². The summed E-state index contributed by atoms with van der Waals surface area (Å²) >= 11 is 0. The summed E-state index contributed by atoms with van der Waals surface area (Å²) in [5.41, 5.74) is 5.68. The van der Waals surface area contributed by atoms with Crippen LogP contribution in [-0.4, -0.2) is 54.6 Å². The number of rotatable bonds is 8. The molecule has 2 atom stereocenters. The zero-order valence-electron chi connectivity index (χ0n) is 27.3. The molecular formula is C38H44N6O2. The van der Waals surface area contributed by atoms with Crippen LogP contribution >= 0.6 is 0 Å². The van der Waals surface area contributed by atoms with Gasteiger partial charge < -0.3 is 19.8 Å². The quantitative estimate of drug-likeness (QED) is 0.203. The summed E-state index contributed by atoms with van der Waals surface area (Å²) < 4.78 is 0. The molecule has 4 heterocycles. The fraction of sp³-hybridized carbons (Fsp3) is 0.421. The minimum absolute atomic E-state index is 0.00525. The maximum atomic E-state index is 12.8. The number of carbonyl (C=O) groups is 2. The Morgan fingerprint density at radius 1 is 0.739 bits per heavy atom. The largest absolute Gasteiger partial charge is 0.340 e. The number of hydrogen-bond acceptors (Lipinski definition) is 4. The Morgan fingerprint density at radius 3 is 1.59 bits per heavy atom. The van der Waals surface area contributed by atoms with Crippen molar-refractivity contribution < 1.29 is 9.59 Å². The summed E-state index contributed by atoms with van der Waals surface area (Å²) in [6.07, 6.45) is 8.70. The van der Waals surface area contributed by atoms with E-state index in [-0.39, 0.29) is 23.9 Å². The van der Waals surface area contributed by atoms with E-state index in [1.165, 1.54) is 0 Å². The molecule has 2 aromatic heterocycles. The van der Waals surface area contributed by atoms with Crippen LogP contribution in [0.5, 0.6) is 0 Å². The third kappa shape index (κ3) is 7.09. The number of nitrogens with zero attached hydrogens (tertiary/aromatic N) is 4. The fourth-order valence-electron chi connectivity index (χ4n) is 6.61. The minimum Gasteiger partial charge on any atom is -0.340 e. The van der Waals surface area contributed by atoms with Crippen LogP contribution in [0.1, 0.15) is 101 Å². The number of aromatic amines is 2. The lowest BCUT2D eigenvalue weighted by molar-refractivity contribution is -0.133. The Hall–Kier alpha value is -4.64. The summed E-state index contributed by atoms with van der Waals surface area (Å²) in [4.78, 5) is 46.0. The van der Waals surface area contributed by atoms with E-state index in [9.17, 15) is 9.59 Å². The van der Waals surface area contributed by atoms with Crippen LogP contribution in [0.15, 0.2) is 60.9 Å². The van der Waals surface area contributed by atoms with Crippen molar-refractivity contribution in [2.45, 2.75) is 78.3 Å². The van der Waals surface area contributed by atoms with Gasteiger partial charge in [0.15, 0.2) is 0 Å². The number of amides is 2. The van der Waals surface area contributed by atoms with Gasteiger partial charge in [-0.15, -0.1) is 0 Å². The Bertz CT molecular complexity index is 1630. The van der Waals surface area contributed by atoms with Gasteiger partial charge in [-0.3, -0.25) is 9.59 Å². The molecule has 2 N–H and O–H groups in total. The van der Waals surface area contributed by atoms with E-state index in [0.29, 0.717) is 24.7 Å². The van der Waals surface area contributed by atoms with Crippen LogP contribution in [0.4, 0.5) is 0 Å². The van der Waals surface area contributed by atoms with E-state index >= 15 is 0 Å². The third-order valence-electron chi connectivity index (χ3n) is 8.83. The number of imidazole rings is 2. The van der Waals surface area contributed by atoms with Gasteiger partial charge in [0.05, 0.1) is 35.9 Å². The molecule has 46 heavy (non-hydrogen) atoms. The van der Waals surface area contributed by atoms with Crippen molar-refractivity contribution in [1.82, 2.24) is 29.7 Å². The summed E-state index contributed by atoms with van der Waals surface area (Å²) in [6.45, 7) is 9.91. The highest BCUT2D eigenvalue weighted by atomic mass is 16.2. The molecule has 6 rings (SSSR count). The van der Waals surface area contributed by atoms with Gasteiger partial charge in [0.25, 0.3) is 0 Å². The number of aromatic nitrogens is 4. The highest BCUT2D eigenvalue weighted by Gasteiger charge is 2.33. The average Bonchev–Trinajstić information content (AvgIpc) is 3.85. The van der Waals surface area contributed by atoms with Crippen molar-refractivity contribution in [3.63, 3.8) is 0 Å². The average molecular weight is 617 g/mol. The number of nitrogens with one attached hydrogen (secondary N) is 2. The molecule has 2 saturated heterocycles. The maximum absolute atomic E-state index is 12.8. The normalized spacial score (nSPS) is 18.0. The Kier molecular flexibility index (Phi) is 9.39. The summed E-state index contributed by atoms with van der Waals surface area (Å²) in [6, 6.07) is 16.3. The first-order valence-electron chi connectivity index (χ1n) is 16.7. The summed E-state index contributed by atoms with van der Waals surface area (Å²) in [5, 5.41) is 0. The number of benzene rings is 2. The molecule has 2 aliphatic rings. The van der Waals surface area contributed by atoms with Crippen molar-refractivity contribution in [3.8, 4) is 34.4 Å². The third-order valence-corrected chi connectivity index (χ3v) is 8.83. The van der Waals surface area contributed by atoms with E-state index in [1.807, 2.05) is 46.5 Å². The maximum Gasteiger partial charge on any atom is 0.223 e. The molecule has 0 saturated carbocycles. The number of H-pyrrole nitrogens is 2.